The van der Waals surface area contributed by atoms with Crippen LogP contribution in [0.2, 0.25) is 0 Å². The molecule has 1 aliphatic rings. The van der Waals surface area contributed by atoms with Crippen LogP contribution in [-0.4, -0.2) is 57.2 Å². The molecule has 0 aliphatic carbocycles. The molecule has 104 valence electrons. The summed E-state index contributed by atoms with van der Waals surface area (Å²) in [5, 5.41) is 20.2. The SMILES string of the molecule is O=S([O-])N(c1ccccc1B(O)O)N1CCOCC1. The monoisotopic (exact) mass is 285 g/mol. The van der Waals surface area contributed by atoms with E-state index < -0.39 is 18.4 Å². The average molecular weight is 285 g/mol. The van der Waals surface area contributed by atoms with Crippen LogP contribution in [0, 0.1) is 0 Å². The molecule has 2 rings (SSSR count). The number of morpholine rings is 1. The van der Waals surface area contributed by atoms with Crippen molar-refractivity contribution in [3.8, 4) is 0 Å². The summed E-state index contributed by atoms with van der Waals surface area (Å²) in [7, 11) is -1.73. The van der Waals surface area contributed by atoms with Crippen molar-refractivity contribution in [3.05, 3.63) is 24.3 Å². The molecule has 1 aromatic carbocycles. The van der Waals surface area contributed by atoms with E-state index in [1.807, 2.05) is 0 Å². The third-order valence-electron chi connectivity index (χ3n) is 2.81. The van der Waals surface area contributed by atoms with Crippen molar-refractivity contribution in [3.63, 3.8) is 0 Å². The Morgan fingerprint density at radius 1 is 1.32 bits per heavy atom. The molecule has 0 aromatic heterocycles. The number of benzene rings is 1. The average Bonchev–Trinajstić information content (AvgIpc) is 2.40. The van der Waals surface area contributed by atoms with Gasteiger partial charge in [0.05, 0.1) is 30.2 Å². The van der Waals surface area contributed by atoms with Gasteiger partial charge in [0.1, 0.15) is 0 Å². The number of nitrogens with zero attached hydrogens (tertiary/aromatic N) is 2. The molecule has 1 heterocycles. The van der Waals surface area contributed by atoms with Gasteiger partial charge in [-0.3, -0.25) is 4.21 Å². The summed E-state index contributed by atoms with van der Waals surface area (Å²) >= 11 is -2.55. The van der Waals surface area contributed by atoms with Crippen molar-refractivity contribution >= 4 is 29.5 Å². The van der Waals surface area contributed by atoms with Gasteiger partial charge in [-0.25, -0.2) is 9.42 Å². The summed E-state index contributed by atoms with van der Waals surface area (Å²) in [5.74, 6) is 0. The van der Waals surface area contributed by atoms with Crippen molar-refractivity contribution in [1.82, 2.24) is 5.01 Å². The molecule has 1 aliphatic heterocycles. The van der Waals surface area contributed by atoms with Gasteiger partial charge in [-0.2, -0.15) is 0 Å². The molecule has 0 radical (unpaired) electrons. The lowest BCUT2D eigenvalue weighted by Gasteiger charge is -2.39. The first kappa shape index (κ1) is 14.4. The van der Waals surface area contributed by atoms with E-state index in [9.17, 15) is 18.8 Å². The highest BCUT2D eigenvalue weighted by Gasteiger charge is 2.25. The minimum absolute atomic E-state index is 0.137. The lowest BCUT2D eigenvalue weighted by atomic mass is 9.79. The molecule has 1 aromatic rings. The van der Waals surface area contributed by atoms with Gasteiger partial charge in [0.15, 0.2) is 0 Å². The highest BCUT2D eigenvalue weighted by molar-refractivity contribution is 7.80. The van der Waals surface area contributed by atoms with Gasteiger partial charge in [-0.15, -0.1) is 0 Å². The van der Waals surface area contributed by atoms with Gasteiger partial charge in [-0.1, -0.05) is 18.2 Å². The molecule has 0 saturated carbocycles. The lowest BCUT2D eigenvalue weighted by Crippen LogP contribution is -2.52. The predicted octanol–water partition coefficient (Wildman–Crippen LogP) is -1.79. The number of para-hydroxylation sites is 1. The van der Waals surface area contributed by atoms with Crippen LogP contribution >= 0.6 is 0 Å². The second kappa shape index (κ2) is 6.46. The quantitative estimate of drug-likeness (QED) is 0.501. The van der Waals surface area contributed by atoms with E-state index in [4.69, 9.17) is 4.74 Å². The largest absolute Gasteiger partial charge is 0.754 e. The van der Waals surface area contributed by atoms with E-state index >= 15 is 0 Å². The summed E-state index contributed by atoms with van der Waals surface area (Å²) in [4.78, 5) is 0. The molecular weight excluding hydrogens is 271 g/mol. The molecule has 0 amide bonds. The molecule has 1 unspecified atom stereocenters. The van der Waals surface area contributed by atoms with Gasteiger partial charge in [0, 0.05) is 18.6 Å². The molecule has 1 fully saturated rings. The second-order valence-electron chi connectivity index (χ2n) is 3.99. The Labute approximate surface area is 113 Å². The zero-order valence-electron chi connectivity index (χ0n) is 10.1. The molecule has 0 bridgehead atoms. The normalized spacial score (nSPS) is 18.1. The minimum atomic E-state index is -2.55. The Kier molecular flexibility index (Phi) is 4.91. The van der Waals surface area contributed by atoms with Crippen LogP contribution in [0.25, 0.3) is 0 Å². The van der Waals surface area contributed by atoms with E-state index in [1.165, 1.54) is 12.1 Å². The zero-order chi connectivity index (χ0) is 13.8. The van der Waals surface area contributed by atoms with Gasteiger partial charge in [-0.05, 0) is 6.07 Å². The van der Waals surface area contributed by atoms with E-state index in [2.05, 4.69) is 0 Å². The Hall–Kier alpha value is -0.965. The fourth-order valence-electron chi connectivity index (χ4n) is 1.94. The summed E-state index contributed by atoms with van der Waals surface area (Å²) in [6.45, 7) is 1.70. The van der Waals surface area contributed by atoms with Crippen LogP contribution < -0.4 is 9.88 Å². The van der Waals surface area contributed by atoms with E-state index in [0.717, 1.165) is 4.41 Å². The first-order valence-corrected chi connectivity index (χ1v) is 6.81. The molecule has 9 heteroatoms. The van der Waals surface area contributed by atoms with Crippen LogP contribution in [0.1, 0.15) is 0 Å². The lowest BCUT2D eigenvalue weighted by molar-refractivity contribution is 0.0407. The number of hydrogen-bond acceptors (Lipinski definition) is 6. The van der Waals surface area contributed by atoms with Crippen molar-refractivity contribution < 1.29 is 23.5 Å². The van der Waals surface area contributed by atoms with Crippen molar-refractivity contribution in [2.24, 2.45) is 0 Å². The first-order chi connectivity index (χ1) is 9.11. The van der Waals surface area contributed by atoms with Crippen LogP contribution in [0.15, 0.2) is 24.3 Å². The van der Waals surface area contributed by atoms with E-state index in [1.54, 1.807) is 17.1 Å². The first-order valence-electron chi connectivity index (χ1n) is 5.78. The molecule has 2 N–H and O–H groups in total. The molecular formula is C10H14BN2O5S-. The summed E-state index contributed by atoms with van der Waals surface area (Å²) in [6.07, 6.45) is 0. The second-order valence-corrected chi connectivity index (χ2v) is 4.77. The van der Waals surface area contributed by atoms with Crippen molar-refractivity contribution in [2.75, 3.05) is 30.7 Å². The maximum Gasteiger partial charge on any atom is 0.490 e. The van der Waals surface area contributed by atoms with E-state index in [0.29, 0.717) is 26.3 Å². The van der Waals surface area contributed by atoms with Crippen molar-refractivity contribution in [2.45, 2.75) is 0 Å². The van der Waals surface area contributed by atoms with Crippen molar-refractivity contribution in [1.29, 1.82) is 0 Å². The summed E-state index contributed by atoms with van der Waals surface area (Å²) in [6, 6.07) is 6.26. The maximum absolute atomic E-state index is 11.5. The highest BCUT2D eigenvalue weighted by atomic mass is 32.2. The van der Waals surface area contributed by atoms with Gasteiger partial charge in [0.25, 0.3) is 0 Å². The number of rotatable bonds is 4. The Bertz CT molecular complexity index is 455. The molecule has 1 saturated heterocycles. The predicted molar refractivity (Wildman–Crippen MR) is 70.1 cm³/mol. The van der Waals surface area contributed by atoms with Gasteiger partial charge < -0.3 is 19.3 Å². The Balaban J connectivity index is 2.36. The molecule has 1 atom stereocenters. The third-order valence-corrected chi connectivity index (χ3v) is 3.52. The number of anilines is 1. The van der Waals surface area contributed by atoms with Crippen LogP contribution in [0.3, 0.4) is 0 Å². The smallest absolute Gasteiger partial charge is 0.490 e. The maximum atomic E-state index is 11.5. The van der Waals surface area contributed by atoms with Crippen LogP contribution in [-0.2, 0) is 16.0 Å². The fourth-order valence-corrected chi connectivity index (χ4v) is 2.62. The highest BCUT2D eigenvalue weighted by Crippen LogP contribution is 2.17. The van der Waals surface area contributed by atoms with Gasteiger partial charge in [0.2, 0.25) is 0 Å². The third kappa shape index (κ3) is 3.32. The summed E-state index contributed by atoms with van der Waals surface area (Å²) in [5.41, 5.74) is 0.367. The zero-order valence-corrected chi connectivity index (χ0v) is 11.0. The topological polar surface area (TPSA) is 96.3 Å². The summed E-state index contributed by atoms with van der Waals surface area (Å²) < 4.78 is 29.1. The van der Waals surface area contributed by atoms with Gasteiger partial charge >= 0.3 is 7.12 Å². The number of hydrogen-bond donors (Lipinski definition) is 2. The molecule has 7 nitrogen and oxygen atoms in total. The fraction of sp³-hybridized carbons (Fsp3) is 0.400. The molecule has 19 heavy (non-hydrogen) atoms. The minimum Gasteiger partial charge on any atom is -0.754 e. The Morgan fingerprint density at radius 3 is 2.53 bits per heavy atom. The van der Waals surface area contributed by atoms with E-state index in [-0.39, 0.29) is 11.2 Å². The molecule has 0 spiro atoms. The van der Waals surface area contributed by atoms with Crippen LogP contribution in [0.5, 0.6) is 0 Å². The van der Waals surface area contributed by atoms with Crippen LogP contribution in [0.4, 0.5) is 5.69 Å². The number of ether oxygens (including phenoxy) is 1. The standard InChI is InChI=1S/C10H15BN2O5S/c14-11(15)9-3-1-2-4-10(9)13(19(16)17)12-5-7-18-8-6-12/h1-4,14-15H,5-8H2,(H,16,17)/p-1. The Morgan fingerprint density at radius 2 is 1.95 bits per heavy atom. The number of hydrazine groups is 1.